The Morgan fingerprint density at radius 2 is 1.79 bits per heavy atom. The fraction of sp³-hybridized carbons (Fsp3) is 0.652. The van der Waals surface area contributed by atoms with Crippen LogP contribution in [-0.4, -0.2) is 23.0 Å². The van der Waals surface area contributed by atoms with E-state index in [9.17, 15) is 14.7 Å². The Labute approximate surface area is 172 Å². The van der Waals surface area contributed by atoms with Gasteiger partial charge in [-0.25, -0.2) is 4.79 Å². The molecule has 2 saturated carbocycles. The second kappa shape index (κ2) is 8.29. The minimum absolute atomic E-state index is 0.0162. The molecule has 0 spiro atoms. The van der Waals surface area contributed by atoms with E-state index in [1.165, 1.54) is 11.3 Å². The van der Waals surface area contributed by atoms with E-state index in [0.717, 1.165) is 49.8 Å². The highest BCUT2D eigenvalue weighted by Gasteiger charge is 2.37. The minimum atomic E-state index is -0.974. The van der Waals surface area contributed by atoms with E-state index in [0.29, 0.717) is 11.6 Å². The first-order valence-electron chi connectivity index (χ1n) is 10.4. The van der Waals surface area contributed by atoms with Gasteiger partial charge in [0.2, 0.25) is 5.91 Å². The van der Waals surface area contributed by atoms with Crippen LogP contribution in [0.1, 0.15) is 87.2 Å². The molecule has 0 atom stereocenters. The fourth-order valence-electron chi connectivity index (χ4n) is 3.87. The summed E-state index contributed by atoms with van der Waals surface area (Å²) in [6, 6.07) is 1.96. The summed E-state index contributed by atoms with van der Waals surface area (Å²) in [4.78, 5) is 28.2. The van der Waals surface area contributed by atoms with Crippen LogP contribution in [-0.2, 0) is 4.79 Å². The third-order valence-electron chi connectivity index (χ3n) is 5.77. The minimum Gasteiger partial charge on any atom is -0.477 e. The predicted octanol–water partition coefficient (Wildman–Crippen LogP) is 5.56. The Hall–Kier alpha value is -1.80. The van der Waals surface area contributed by atoms with Gasteiger partial charge < -0.3 is 10.0 Å². The van der Waals surface area contributed by atoms with Crippen molar-refractivity contribution in [3.63, 3.8) is 0 Å². The molecular formula is C23H31NO3S. The number of rotatable bonds is 4. The third-order valence-corrected chi connectivity index (χ3v) is 6.80. The first-order valence-corrected chi connectivity index (χ1v) is 11.2. The lowest BCUT2D eigenvalue weighted by atomic mass is 9.81. The zero-order chi connectivity index (χ0) is 20.5. The van der Waals surface area contributed by atoms with Crippen LogP contribution in [0.5, 0.6) is 0 Å². The smallest absolute Gasteiger partial charge is 0.348 e. The van der Waals surface area contributed by atoms with Gasteiger partial charge in [0.25, 0.3) is 0 Å². The maximum Gasteiger partial charge on any atom is 0.348 e. The normalized spacial score (nSPS) is 22.7. The van der Waals surface area contributed by atoms with E-state index < -0.39 is 5.97 Å². The molecule has 2 aliphatic carbocycles. The molecule has 1 N–H and O–H groups in total. The predicted molar refractivity (Wildman–Crippen MR) is 114 cm³/mol. The van der Waals surface area contributed by atoms with Crippen LogP contribution in [0.3, 0.4) is 0 Å². The molecule has 28 heavy (non-hydrogen) atoms. The standard InChI is InChI=1S/C23H31NO3S/c1-15-8-10-16(11-9-15)21(25)24(17-6-5-7-17)19-14-18(12-13-23(2,3)4)28-20(19)22(26)27/h14-17H,5-11H2,1-4H3,(H,26,27). The molecule has 1 aromatic rings. The van der Waals surface area contributed by atoms with E-state index in [1.807, 2.05) is 31.7 Å². The molecule has 0 aromatic carbocycles. The average molecular weight is 402 g/mol. The van der Waals surface area contributed by atoms with Crippen molar-refractivity contribution in [2.45, 2.75) is 78.7 Å². The molecule has 3 rings (SSSR count). The van der Waals surface area contributed by atoms with E-state index in [2.05, 4.69) is 18.8 Å². The first kappa shape index (κ1) is 20.9. The van der Waals surface area contributed by atoms with Crippen LogP contribution in [0.15, 0.2) is 6.07 Å². The van der Waals surface area contributed by atoms with Crippen LogP contribution in [0, 0.1) is 29.1 Å². The largest absolute Gasteiger partial charge is 0.477 e. The van der Waals surface area contributed by atoms with Gasteiger partial charge in [0.05, 0.1) is 10.6 Å². The van der Waals surface area contributed by atoms with E-state index in [-0.39, 0.29) is 28.2 Å². The Bertz CT molecular complexity index is 796. The summed E-state index contributed by atoms with van der Waals surface area (Å²) in [5.41, 5.74) is 0.402. The van der Waals surface area contributed by atoms with Crippen LogP contribution < -0.4 is 4.90 Å². The maximum atomic E-state index is 13.4. The highest BCUT2D eigenvalue weighted by molar-refractivity contribution is 7.15. The summed E-state index contributed by atoms with van der Waals surface area (Å²) in [5.74, 6) is 6.13. The number of anilines is 1. The van der Waals surface area contributed by atoms with Crippen molar-refractivity contribution >= 4 is 28.9 Å². The lowest BCUT2D eigenvalue weighted by Gasteiger charge is -2.40. The number of thiophene rings is 1. The number of carbonyl (C=O) groups excluding carboxylic acids is 1. The molecule has 152 valence electrons. The molecule has 0 saturated heterocycles. The van der Waals surface area contributed by atoms with Crippen LogP contribution >= 0.6 is 11.3 Å². The number of hydrogen-bond donors (Lipinski definition) is 1. The highest BCUT2D eigenvalue weighted by atomic mass is 32.1. The quantitative estimate of drug-likeness (QED) is 0.672. The molecular weight excluding hydrogens is 370 g/mol. The number of carboxylic acids is 1. The van der Waals surface area contributed by atoms with E-state index in [1.54, 1.807) is 0 Å². The Morgan fingerprint density at radius 1 is 1.14 bits per heavy atom. The second-order valence-corrected chi connectivity index (χ2v) is 10.4. The molecule has 1 amide bonds. The molecule has 2 aliphatic rings. The zero-order valence-electron chi connectivity index (χ0n) is 17.4. The zero-order valence-corrected chi connectivity index (χ0v) is 18.2. The van der Waals surface area contributed by atoms with Gasteiger partial charge >= 0.3 is 5.97 Å². The summed E-state index contributed by atoms with van der Waals surface area (Å²) >= 11 is 1.19. The number of nitrogens with zero attached hydrogens (tertiary/aromatic N) is 1. The number of carboxylic acid groups (broad SMARTS) is 1. The number of carbonyl (C=O) groups is 2. The van der Waals surface area contributed by atoms with Gasteiger partial charge in [-0.2, -0.15) is 0 Å². The van der Waals surface area contributed by atoms with Crippen LogP contribution in [0.2, 0.25) is 0 Å². The summed E-state index contributed by atoms with van der Waals surface area (Å²) in [6.07, 6.45) is 6.97. The molecule has 0 radical (unpaired) electrons. The third kappa shape index (κ3) is 4.78. The molecule has 0 aliphatic heterocycles. The van der Waals surface area contributed by atoms with Crippen molar-refractivity contribution in [1.82, 2.24) is 0 Å². The number of amides is 1. The summed E-state index contributed by atoms with van der Waals surface area (Å²) in [6.45, 7) is 8.33. The molecule has 0 bridgehead atoms. The highest BCUT2D eigenvalue weighted by Crippen LogP contribution is 2.39. The van der Waals surface area contributed by atoms with E-state index in [4.69, 9.17) is 0 Å². The van der Waals surface area contributed by atoms with Gasteiger partial charge in [0, 0.05) is 17.4 Å². The Kier molecular flexibility index (Phi) is 6.19. The lowest BCUT2D eigenvalue weighted by molar-refractivity contribution is -0.124. The summed E-state index contributed by atoms with van der Waals surface area (Å²) < 4.78 is 0. The maximum absolute atomic E-state index is 13.4. The van der Waals surface area contributed by atoms with Crippen molar-refractivity contribution in [2.75, 3.05) is 4.90 Å². The van der Waals surface area contributed by atoms with Crippen molar-refractivity contribution in [3.05, 3.63) is 15.8 Å². The van der Waals surface area contributed by atoms with Crippen molar-refractivity contribution in [1.29, 1.82) is 0 Å². The first-order chi connectivity index (χ1) is 13.2. The van der Waals surface area contributed by atoms with Gasteiger partial charge in [-0.3, -0.25) is 4.79 Å². The van der Waals surface area contributed by atoms with Crippen molar-refractivity contribution in [2.24, 2.45) is 17.3 Å². The molecule has 1 heterocycles. The lowest BCUT2D eigenvalue weighted by Crippen LogP contribution is -2.48. The van der Waals surface area contributed by atoms with Gasteiger partial charge in [0.1, 0.15) is 4.88 Å². The average Bonchev–Trinajstić information content (AvgIpc) is 3.00. The van der Waals surface area contributed by atoms with Crippen molar-refractivity contribution in [3.8, 4) is 11.8 Å². The molecule has 1 aromatic heterocycles. The Balaban J connectivity index is 1.95. The molecule has 5 heteroatoms. The second-order valence-electron chi connectivity index (χ2n) is 9.38. The number of aromatic carboxylic acids is 1. The monoisotopic (exact) mass is 401 g/mol. The van der Waals surface area contributed by atoms with Gasteiger partial charge in [-0.15, -0.1) is 11.3 Å². The fourth-order valence-corrected chi connectivity index (χ4v) is 4.71. The summed E-state index contributed by atoms with van der Waals surface area (Å²) in [5, 5.41) is 9.78. The number of hydrogen-bond acceptors (Lipinski definition) is 3. The molecule has 4 nitrogen and oxygen atoms in total. The van der Waals surface area contributed by atoms with Crippen molar-refractivity contribution < 1.29 is 14.7 Å². The molecule has 0 unspecified atom stereocenters. The van der Waals surface area contributed by atoms with Crippen LogP contribution in [0.4, 0.5) is 5.69 Å². The van der Waals surface area contributed by atoms with Gasteiger partial charge in [-0.05, 0) is 77.7 Å². The van der Waals surface area contributed by atoms with Crippen LogP contribution in [0.25, 0.3) is 0 Å². The topological polar surface area (TPSA) is 57.6 Å². The SMILES string of the molecule is CC1CCC(C(=O)N(c2cc(C#CC(C)(C)C)sc2C(=O)O)C2CCC2)CC1. The summed E-state index contributed by atoms with van der Waals surface area (Å²) in [7, 11) is 0. The Morgan fingerprint density at radius 3 is 2.29 bits per heavy atom. The molecule has 2 fully saturated rings. The van der Waals surface area contributed by atoms with Gasteiger partial charge in [0.15, 0.2) is 0 Å². The van der Waals surface area contributed by atoms with E-state index >= 15 is 0 Å². The van der Waals surface area contributed by atoms with Gasteiger partial charge in [-0.1, -0.05) is 18.8 Å².